The minimum absolute atomic E-state index is 0.0256. The maximum atomic E-state index is 12.3. The molecular formula is C11H15N7O7S. The molecule has 0 spiro atoms. The van der Waals surface area contributed by atoms with Crippen LogP contribution in [0.3, 0.4) is 0 Å². The quantitative estimate of drug-likeness (QED) is 0.391. The van der Waals surface area contributed by atoms with E-state index in [4.69, 9.17) is 16.0 Å². The van der Waals surface area contributed by atoms with Gasteiger partial charge in [-0.15, -0.1) is 4.28 Å². The molecule has 0 saturated carbocycles. The van der Waals surface area contributed by atoms with E-state index < -0.39 is 47.0 Å². The van der Waals surface area contributed by atoms with E-state index in [1.807, 2.05) is 0 Å². The molecule has 1 aromatic heterocycles. The van der Waals surface area contributed by atoms with Crippen LogP contribution in [-0.4, -0.2) is 70.3 Å². The van der Waals surface area contributed by atoms with Crippen molar-refractivity contribution in [3.05, 3.63) is 17.5 Å². The van der Waals surface area contributed by atoms with Crippen LogP contribution in [-0.2, 0) is 19.5 Å². The lowest BCUT2D eigenvalue weighted by atomic mass is 9.98. The molecule has 15 heteroatoms. The van der Waals surface area contributed by atoms with Gasteiger partial charge in [0.2, 0.25) is 5.91 Å². The molecule has 0 aliphatic carbocycles. The number of hydrogen-bond acceptors (Lipinski definition) is 8. The summed E-state index contributed by atoms with van der Waals surface area (Å²) in [4.78, 5) is 36.3. The van der Waals surface area contributed by atoms with E-state index in [0.717, 1.165) is 4.68 Å². The molecule has 1 fully saturated rings. The first kappa shape index (κ1) is 18.1. The Morgan fingerprint density at radius 3 is 2.73 bits per heavy atom. The Balaban J connectivity index is 1.96. The third kappa shape index (κ3) is 3.07. The number of hydrogen-bond donors (Lipinski definition) is 4. The zero-order valence-corrected chi connectivity index (χ0v) is 13.9. The molecular weight excluding hydrogens is 374 g/mol. The van der Waals surface area contributed by atoms with Gasteiger partial charge in [-0.2, -0.15) is 23.3 Å². The summed E-state index contributed by atoms with van der Waals surface area (Å²) in [5.41, 5.74) is 11.2. The van der Waals surface area contributed by atoms with Crippen LogP contribution >= 0.6 is 0 Å². The molecule has 3 rings (SSSR count). The predicted octanol–water partition coefficient (Wildman–Crippen LogP) is -2.55. The van der Waals surface area contributed by atoms with E-state index in [9.17, 15) is 22.8 Å². The fraction of sp³-hybridized carbons (Fsp3) is 0.455. The van der Waals surface area contributed by atoms with Gasteiger partial charge in [0, 0.05) is 18.3 Å². The molecule has 4 amide bonds. The van der Waals surface area contributed by atoms with Crippen molar-refractivity contribution in [2.75, 3.05) is 19.6 Å². The van der Waals surface area contributed by atoms with Crippen molar-refractivity contribution in [2.24, 2.45) is 11.5 Å². The summed E-state index contributed by atoms with van der Waals surface area (Å²) in [6.45, 7) is -0.432. The van der Waals surface area contributed by atoms with Crippen molar-refractivity contribution in [1.29, 1.82) is 0 Å². The first-order valence-electron chi connectivity index (χ1n) is 7.25. The summed E-state index contributed by atoms with van der Waals surface area (Å²) in [6, 6.07) is -3.23. The Morgan fingerprint density at radius 2 is 2.15 bits per heavy atom. The normalized spacial score (nSPS) is 21.7. The van der Waals surface area contributed by atoms with Gasteiger partial charge in [-0.1, -0.05) is 0 Å². The topological polar surface area (TPSA) is 203 Å². The average Bonchev–Trinajstić information content (AvgIpc) is 3.09. The Hall–Kier alpha value is -2.75. The first-order valence-corrected chi connectivity index (χ1v) is 8.61. The lowest BCUT2D eigenvalue weighted by Gasteiger charge is -2.28. The van der Waals surface area contributed by atoms with Crippen LogP contribution in [0.15, 0.2) is 6.20 Å². The van der Waals surface area contributed by atoms with Gasteiger partial charge in [-0.25, -0.2) is 9.59 Å². The monoisotopic (exact) mass is 389 g/mol. The summed E-state index contributed by atoms with van der Waals surface area (Å²) in [6.07, 6.45) is 1.26. The van der Waals surface area contributed by atoms with Crippen molar-refractivity contribution >= 4 is 28.4 Å². The molecule has 3 heterocycles. The van der Waals surface area contributed by atoms with Crippen LogP contribution in [0.4, 0.5) is 9.59 Å². The van der Waals surface area contributed by atoms with E-state index in [-0.39, 0.29) is 18.8 Å². The SMILES string of the molecule is NC[C@@H]1c2nn(C(=O)NCC(N)=O)cc2[C@H]2CN1C(=O)N2OS(=O)(=O)O. The molecule has 1 aromatic rings. The van der Waals surface area contributed by atoms with Crippen LogP contribution in [0, 0.1) is 0 Å². The maximum absolute atomic E-state index is 12.3. The number of carbonyl (C=O) groups is 3. The number of nitrogens with one attached hydrogen (secondary N) is 1. The van der Waals surface area contributed by atoms with Crippen LogP contribution < -0.4 is 16.8 Å². The Kier molecular flexibility index (Phi) is 4.31. The van der Waals surface area contributed by atoms with Crippen molar-refractivity contribution in [3.63, 3.8) is 0 Å². The van der Waals surface area contributed by atoms with Gasteiger partial charge in [0.25, 0.3) is 0 Å². The van der Waals surface area contributed by atoms with Gasteiger partial charge in [-0.3, -0.25) is 9.35 Å². The number of aromatic nitrogens is 2. The van der Waals surface area contributed by atoms with Gasteiger partial charge in [0.1, 0.15) is 6.04 Å². The number of rotatable bonds is 5. The summed E-state index contributed by atoms with van der Waals surface area (Å²) < 4.78 is 36.2. The largest absolute Gasteiger partial charge is 0.418 e. The number of amides is 4. The maximum Gasteiger partial charge on any atom is 0.418 e. The Morgan fingerprint density at radius 1 is 1.46 bits per heavy atom. The van der Waals surface area contributed by atoms with E-state index in [0.29, 0.717) is 10.6 Å². The second-order valence-electron chi connectivity index (χ2n) is 5.57. The molecule has 0 unspecified atom stereocenters. The summed E-state index contributed by atoms with van der Waals surface area (Å²) >= 11 is 0. The van der Waals surface area contributed by atoms with Crippen LogP contribution in [0.1, 0.15) is 23.3 Å². The zero-order valence-electron chi connectivity index (χ0n) is 13.1. The third-order valence-corrected chi connectivity index (χ3v) is 4.28. The van der Waals surface area contributed by atoms with Crippen molar-refractivity contribution in [2.45, 2.75) is 12.1 Å². The first-order chi connectivity index (χ1) is 12.1. The molecule has 2 bridgehead atoms. The number of fused-ring (bicyclic) bond motifs is 4. The van der Waals surface area contributed by atoms with Gasteiger partial charge in [-0.05, 0) is 0 Å². The van der Waals surface area contributed by atoms with E-state index in [1.165, 1.54) is 11.1 Å². The number of urea groups is 1. The van der Waals surface area contributed by atoms with Gasteiger partial charge in [0.05, 0.1) is 24.8 Å². The minimum Gasteiger partial charge on any atom is -0.368 e. The summed E-state index contributed by atoms with van der Waals surface area (Å²) in [5, 5.41) is 6.79. The van der Waals surface area contributed by atoms with Crippen molar-refractivity contribution in [1.82, 2.24) is 25.1 Å². The van der Waals surface area contributed by atoms with E-state index in [1.54, 1.807) is 0 Å². The molecule has 26 heavy (non-hydrogen) atoms. The summed E-state index contributed by atoms with van der Waals surface area (Å²) in [7, 11) is -4.94. The van der Waals surface area contributed by atoms with Gasteiger partial charge >= 0.3 is 22.5 Å². The number of carbonyl (C=O) groups excluding carboxylic acids is 3. The highest BCUT2D eigenvalue weighted by atomic mass is 32.3. The molecule has 6 N–H and O–H groups in total. The number of hydroxylamine groups is 2. The summed E-state index contributed by atoms with van der Waals surface area (Å²) in [5.74, 6) is -0.751. The smallest absolute Gasteiger partial charge is 0.368 e. The highest BCUT2D eigenvalue weighted by Gasteiger charge is 2.51. The molecule has 2 aliphatic rings. The van der Waals surface area contributed by atoms with Gasteiger partial charge in [0.15, 0.2) is 0 Å². The predicted molar refractivity (Wildman–Crippen MR) is 81.3 cm³/mol. The zero-order chi connectivity index (χ0) is 19.2. The van der Waals surface area contributed by atoms with E-state index >= 15 is 0 Å². The molecule has 2 aliphatic heterocycles. The van der Waals surface area contributed by atoms with Crippen LogP contribution in [0.25, 0.3) is 0 Å². The second-order valence-corrected chi connectivity index (χ2v) is 6.57. The number of nitrogens with zero attached hydrogens (tertiary/aromatic N) is 4. The van der Waals surface area contributed by atoms with Gasteiger partial charge < -0.3 is 21.7 Å². The molecule has 142 valence electrons. The second kappa shape index (κ2) is 6.20. The van der Waals surface area contributed by atoms with E-state index in [2.05, 4.69) is 14.7 Å². The lowest BCUT2D eigenvalue weighted by molar-refractivity contribution is -0.117. The Bertz CT molecular complexity index is 881. The molecule has 1 saturated heterocycles. The minimum atomic E-state index is -4.94. The fourth-order valence-electron chi connectivity index (χ4n) is 2.92. The van der Waals surface area contributed by atoms with Crippen molar-refractivity contribution < 1.29 is 31.6 Å². The Labute approximate surface area is 146 Å². The molecule has 0 radical (unpaired) electrons. The fourth-order valence-corrected chi connectivity index (χ4v) is 3.29. The number of primary amides is 1. The molecule has 2 atom stereocenters. The highest BCUT2D eigenvalue weighted by molar-refractivity contribution is 7.80. The molecule has 14 nitrogen and oxygen atoms in total. The number of nitrogens with two attached hydrogens (primary N) is 2. The molecule has 0 aromatic carbocycles. The average molecular weight is 389 g/mol. The van der Waals surface area contributed by atoms with Crippen molar-refractivity contribution in [3.8, 4) is 0 Å². The van der Waals surface area contributed by atoms with Crippen LogP contribution in [0.2, 0.25) is 0 Å². The standard InChI is InChI=1S/C11H15N7O7S/c12-1-6-9-5(3-17(15-9)10(20)14-2-8(13)19)7-4-16(6)11(21)18(7)25-26(22,23)24/h3,6-7H,1-2,4,12H2,(H2,13,19)(H,14,20)(H,22,23,24)/t6-,7-/m1/s1. The lowest BCUT2D eigenvalue weighted by Crippen LogP contribution is -2.39. The highest BCUT2D eigenvalue weighted by Crippen LogP contribution is 2.43. The van der Waals surface area contributed by atoms with Crippen LogP contribution in [0.5, 0.6) is 0 Å². The third-order valence-electron chi connectivity index (χ3n) is 3.93.